The van der Waals surface area contributed by atoms with Crippen LogP contribution in [0, 0.1) is 6.92 Å². The van der Waals surface area contributed by atoms with Crippen molar-refractivity contribution in [3.8, 4) is 0 Å². The third-order valence-electron chi connectivity index (χ3n) is 3.06. The maximum Gasteiger partial charge on any atom is 0.0898 e. The summed E-state index contributed by atoms with van der Waals surface area (Å²) in [4.78, 5) is 4.50. The van der Waals surface area contributed by atoms with E-state index in [1.165, 1.54) is 5.69 Å². The Kier molecular flexibility index (Phi) is 3.95. The maximum absolute atomic E-state index is 5.55. The minimum absolute atomic E-state index is 0.359. The summed E-state index contributed by atoms with van der Waals surface area (Å²) < 4.78 is 5.55. The molecule has 0 saturated heterocycles. The van der Waals surface area contributed by atoms with Gasteiger partial charge in [0.05, 0.1) is 16.8 Å². The van der Waals surface area contributed by atoms with Crippen molar-refractivity contribution in [2.45, 2.75) is 51.8 Å². The van der Waals surface area contributed by atoms with Crippen LogP contribution in [0.15, 0.2) is 5.38 Å². The third kappa shape index (κ3) is 2.81. The second-order valence-electron chi connectivity index (χ2n) is 4.43. The minimum Gasteiger partial charge on any atom is -0.378 e. The lowest BCUT2D eigenvalue weighted by Gasteiger charge is -2.37. The zero-order valence-electron chi connectivity index (χ0n) is 10.2. The molecule has 1 atom stereocenters. The van der Waals surface area contributed by atoms with Crippen molar-refractivity contribution in [3.05, 3.63) is 16.1 Å². The first kappa shape index (κ1) is 12.0. The van der Waals surface area contributed by atoms with Gasteiger partial charge in [-0.25, -0.2) is 4.98 Å². The van der Waals surface area contributed by atoms with Crippen molar-refractivity contribution in [2.24, 2.45) is 0 Å². The van der Waals surface area contributed by atoms with Crippen molar-refractivity contribution < 1.29 is 4.74 Å². The zero-order valence-corrected chi connectivity index (χ0v) is 11.0. The fraction of sp³-hybridized carbons (Fsp3) is 0.750. The number of nitrogens with one attached hydrogen (secondary N) is 1. The lowest BCUT2D eigenvalue weighted by atomic mass is 9.88. The average Bonchev–Trinajstić information content (AvgIpc) is 2.61. The normalized spacial score (nSPS) is 26.4. The summed E-state index contributed by atoms with van der Waals surface area (Å²) in [7, 11) is 0. The standard InChI is InChI=1S/C12H20N2OS/c1-4-15-11-5-10(6-11)13-8(2)12-7-16-9(3)14-12/h7-8,10-11,13H,4-6H2,1-3H3. The summed E-state index contributed by atoms with van der Waals surface area (Å²) in [6.45, 7) is 7.12. The molecule has 1 aromatic rings. The smallest absolute Gasteiger partial charge is 0.0898 e. The Bertz CT molecular complexity index is 334. The molecular formula is C12H20N2OS. The summed E-state index contributed by atoms with van der Waals surface area (Å²) in [6.07, 6.45) is 2.76. The van der Waals surface area contributed by atoms with Crippen LogP contribution in [0.25, 0.3) is 0 Å². The zero-order chi connectivity index (χ0) is 11.5. The largest absolute Gasteiger partial charge is 0.378 e. The predicted molar refractivity (Wildman–Crippen MR) is 66.8 cm³/mol. The predicted octanol–water partition coefficient (Wildman–Crippen LogP) is 2.67. The average molecular weight is 240 g/mol. The molecule has 3 nitrogen and oxygen atoms in total. The molecule has 0 aromatic carbocycles. The second-order valence-corrected chi connectivity index (χ2v) is 5.49. The van der Waals surface area contributed by atoms with Crippen LogP contribution in [-0.4, -0.2) is 23.7 Å². The van der Waals surface area contributed by atoms with Gasteiger partial charge in [-0.1, -0.05) is 0 Å². The van der Waals surface area contributed by atoms with Crippen LogP contribution in [-0.2, 0) is 4.74 Å². The van der Waals surface area contributed by atoms with Crippen molar-refractivity contribution in [1.29, 1.82) is 0 Å². The van der Waals surface area contributed by atoms with Crippen LogP contribution in [0.1, 0.15) is 43.4 Å². The van der Waals surface area contributed by atoms with E-state index in [0.29, 0.717) is 18.2 Å². The van der Waals surface area contributed by atoms with E-state index in [9.17, 15) is 0 Å². The topological polar surface area (TPSA) is 34.1 Å². The maximum atomic E-state index is 5.55. The highest BCUT2D eigenvalue weighted by molar-refractivity contribution is 7.09. The molecule has 1 N–H and O–H groups in total. The van der Waals surface area contributed by atoms with Crippen molar-refractivity contribution in [1.82, 2.24) is 10.3 Å². The molecule has 1 heterocycles. The second kappa shape index (κ2) is 5.25. The van der Waals surface area contributed by atoms with Gasteiger partial charge >= 0.3 is 0 Å². The highest BCUT2D eigenvalue weighted by atomic mass is 32.1. The van der Waals surface area contributed by atoms with Gasteiger partial charge in [-0.15, -0.1) is 11.3 Å². The Morgan fingerprint density at radius 2 is 2.38 bits per heavy atom. The van der Waals surface area contributed by atoms with E-state index in [-0.39, 0.29) is 0 Å². The summed E-state index contributed by atoms with van der Waals surface area (Å²) in [5, 5.41) is 6.89. The van der Waals surface area contributed by atoms with E-state index in [1.807, 2.05) is 0 Å². The quantitative estimate of drug-likeness (QED) is 0.859. The molecule has 0 amide bonds. The molecule has 1 aliphatic carbocycles. The Morgan fingerprint density at radius 3 is 2.94 bits per heavy atom. The van der Waals surface area contributed by atoms with E-state index >= 15 is 0 Å². The van der Waals surface area contributed by atoms with E-state index in [0.717, 1.165) is 24.5 Å². The third-order valence-corrected chi connectivity index (χ3v) is 3.86. The number of aryl methyl sites for hydroxylation is 1. The molecule has 1 saturated carbocycles. The molecule has 0 aliphatic heterocycles. The highest BCUT2D eigenvalue weighted by Gasteiger charge is 2.30. The fourth-order valence-electron chi connectivity index (χ4n) is 2.09. The van der Waals surface area contributed by atoms with Crippen LogP contribution in [0.5, 0.6) is 0 Å². The van der Waals surface area contributed by atoms with Gasteiger partial charge in [-0.2, -0.15) is 0 Å². The number of rotatable bonds is 5. The molecule has 1 aromatic heterocycles. The van der Waals surface area contributed by atoms with Crippen LogP contribution >= 0.6 is 11.3 Å². The first-order chi connectivity index (χ1) is 7.69. The SMILES string of the molecule is CCOC1CC(NC(C)c2csc(C)n2)C1. The van der Waals surface area contributed by atoms with E-state index < -0.39 is 0 Å². The van der Waals surface area contributed by atoms with Gasteiger partial charge in [0.15, 0.2) is 0 Å². The van der Waals surface area contributed by atoms with Crippen molar-refractivity contribution in [3.63, 3.8) is 0 Å². The van der Waals surface area contributed by atoms with Gasteiger partial charge in [0.1, 0.15) is 0 Å². The number of ether oxygens (including phenoxy) is 1. The summed E-state index contributed by atoms with van der Waals surface area (Å²) in [6, 6.07) is 0.964. The molecule has 1 unspecified atom stereocenters. The molecule has 0 radical (unpaired) electrons. The number of nitrogens with zero attached hydrogens (tertiary/aromatic N) is 1. The van der Waals surface area contributed by atoms with Crippen LogP contribution in [0.2, 0.25) is 0 Å². The molecule has 0 spiro atoms. The van der Waals surface area contributed by atoms with Crippen molar-refractivity contribution >= 4 is 11.3 Å². The van der Waals surface area contributed by atoms with Gasteiger partial charge in [0, 0.05) is 24.1 Å². The summed E-state index contributed by atoms with van der Waals surface area (Å²) in [5.74, 6) is 0. The lowest BCUT2D eigenvalue weighted by Crippen LogP contribution is -2.46. The van der Waals surface area contributed by atoms with Gasteiger partial charge < -0.3 is 10.1 Å². The van der Waals surface area contributed by atoms with Crippen LogP contribution < -0.4 is 5.32 Å². The first-order valence-corrected chi connectivity index (χ1v) is 6.86. The van der Waals surface area contributed by atoms with Crippen LogP contribution in [0.4, 0.5) is 0 Å². The van der Waals surface area contributed by atoms with Gasteiger partial charge in [0.25, 0.3) is 0 Å². The van der Waals surface area contributed by atoms with Gasteiger partial charge in [-0.3, -0.25) is 0 Å². The number of hydrogen-bond acceptors (Lipinski definition) is 4. The minimum atomic E-state index is 0.359. The van der Waals surface area contributed by atoms with E-state index in [4.69, 9.17) is 4.74 Å². The number of thiazole rings is 1. The molecule has 4 heteroatoms. The molecule has 16 heavy (non-hydrogen) atoms. The Morgan fingerprint density at radius 1 is 1.62 bits per heavy atom. The summed E-state index contributed by atoms with van der Waals surface area (Å²) >= 11 is 1.72. The fourth-order valence-corrected chi connectivity index (χ4v) is 2.80. The molecule has 2 rings (SSSR count). The van der Waals surface area contributed by atoms with Crippen LogP contribution in [0.3, 0.4) is 0 Å². The summed E-state index contributed by atoms with van der Waals surface area (Å²) in [5.41, 5.74) is 1.17. The lowest BCUT2D eigenvalue weighted by molar-refractivity contribution is -0.0121. The van der Waals surface area contributed by atoms with E-state index in [2.05, 4.69) is 36.5 Å². The molecule has 0 bridgehead atoms. The molecule has 1 aliphatic rings. The number of aromatic nitrogens is 1. The molecular weight excluding hydrogens is 220 g/mol. The van der Waals surface area contributed by atoms with Gasteiger partial charge in [-0.05, 0) is 33.6 Å². The Hall–Kier alpha value is -0.450. The Balaban J connectivity index is 1.75. The Labute approximate surface area is 101 Å². The molecule has 1 fully saturated rings. The van der Waals surface area contributed by atoms with Gasteiger partial charge in [0.2, 0.25) is 0 Å². The first-order valence-electron chi connectivity index (χ1n) is 5.98. The van der Waals surface area contributed by atoms with E-state index in [1.54, 1.807) is 11.3 Å². The monoisotopic (exact) mass is 240 g/mol. The highest BCUT2D eigenvalue weighted by Crippen LogP contribution is 2.26. The molecule has 90 valence electrons. The number of hydrogen-bond donors (Lipinski definition) is 1. The van der Waals surface area contributed by atoms with Crippen molar-refractivity contribution in [2.75, 3.05) is 6.61 Å².